The fourth-order valence-electron chi connectivity index (χ4n) is 4.76. The molecule has 6 heteroatoms. The monoisotopic (exact) mass is 402 g/mol. The molecule has 0 radical (unpaired) electrons. The summed E-state index contributed by atoms with van der Waals surface area (Å²) in [6.07, 6.45) is 6.34. The van der Waals surface area contributed by atoms with Gasteiger partial charge in [-0.2, -0.15) is 0 Å². The van der Waals surface area contributed by atoms with Gasteiger partial charge in [-0.1, -0.05) is 48.5 Å². The van der Waals surface area contributed by atoms with E-state index in [2.05, 4.69) is 32.7 Å². The maximum atomic E-state index is 11.2. The first-order valence-electron chi connectivity index (χ1n) is 10.5. The third-order valence-corrected chi connectivity index (χ3v) is 6.45. The summed E-state index contributed by atoms with van der Waals surface area (Å²) < 4.78 is 0. The average Bonchev–Trinajstić information content (AvgIpc) is 3.30. The molecule has 1 aromatic heterocycles. The van der Waals surface area contributed by atoms with Crippen molar-refractivity contribution in [3.63, 3.8) is 0 Å². The molecule has 154 valence electrons. The highest BCUT2D eigenvalue weighted by molar-refractivity contribution is 5.59. The van der Waals surface area contributed by atoms with Crippen molar-refractivity contribution in [2.45, 2.75) is 36.9 Å². The molecule has 6 nitrogen and oxygen atoms in total. The number of nitrogens with one attached hydrogen (secondary N) is 2. The number of aromatic nitrogens is 2. The Balaban J connectivity index is 1.30. The Morgan fingerprint density at radius 1 is 0.700 bits per heavy atom. The van der Waals surface area contributed by atoms with Gasteiger partial charge in [0.15, 0.2) is 11.6 Å². The molecule has 0 fully saturated rings. The van der Waals surface area contributed by atoms with Gasteiger partial charge in [0.25, 0.3) is 0 Å². The molecule has 1 heterocycles. The summed E-state index contributed by atoms with van der Waals surface area (Å²) in [6, 6.07) is 16.1. The molecule has 4 N–H and O–H groups in total. The van der Waals surface area contributed by atoms with Crippen molar-refractivity contribution in [3.05, 3.63) is 83.2 Å². The van der Waals surface area contributed by atoms with Gasteiger partial charge in [0.2, 0.25) is 0 Å². The fourth-order valence-corrected chi connectivity index (χ4v) is 4.76. The van der Waals surface area contributed by atoms with E-state index in [4.69, 9.17) is 0 Å². The van der Waals surface area contributed by atoms with Gasteiger partial charge in [-0.05, 0) is 47.9 Å². The lowest BCUT2D eigenvalue weighted by Gasteiger charge is -2.27. The number of hydrogen-bond acceptors (Lipinski definition) is 6. The second-order valence-corrected chi connectivity index (χ2v) is 8.34. The third-order valence-electron chi connectivity index (χ3n) is 6.45. The van der Waals surface area contributed by atoms with E-state index in [1.807, 2.05) is 36.4 Å². The summed E-state index contributed by atoms with van der Waals surface area (Å²) >= 11 is 0. The molecule has 30 heavy (non-hydrogen) atoms. The Morgan fingerprint density at radius 3 is 1.60 bits per heavy atom. The highest BCUT2D eigenvalue weighted by Gasteiger charge is 2.38. The molecule has 2 unspecified atom stereocenters. The van der Waals surface area contributed by atoms with Crippen molar-refractivity contribution in [2.24, 2.45) is 0 Å². The number of fused-ring (bicyclic) bond motifs is 2. The van der Waals surface area contributed by atoms with Crippen LogP contribution in [0, 0.1) is 0 Å². The second-order valence-electron chi connectivity index (χ2n) is 8.34. The number of anilines is 2. The van der Waals surface area contributed by atoms with Crippen LogP contribution >= 0.6 is 0 Å². The summed E-state index contributed by atoms with van der Waals surface area (Å²) in [5.41, 5.74) is 2.51. The van der Waals surface area contributed by atoms with E-state index in [1.165, 1.54) is 11.1 Å². The first-order valence-corrected chi connectivity index (χ1v) is 10.5. The smallest absolute Gasteiger partial charge is 0.169 e. The van der Waals surface area contributed by atoms with Crippen molar-refractivity contribution in [1.29, 1.82) is 0 Å². The van der Waals surface area contributed by atoms with Gasteiger partial charge in [-0.15, -0.1) is 0 Å². The van der Waals surface area contributed by atoms with Crippen LogP contribution in [0.2, 0.25) is 0 Å². The van der Waals surface area contributed by atoms with Crippen LogP contribution in [0.25, 0.3) is 0 Å². The number of hydrogen-bond donors (Lipinski definition) is 4. The van der Waals surface area contributed by atoms with Gasteiger partial charge in [0.1, 0.15) is 11.2 Å². The van der Waals surface area contributed by atoms with Crippen LogP contribution in [-0.4, -0.2) is 33.3 Å². The normalized spacial score (nSPS) is 24.3. The molecular formula is C24H26N4O2. The van der Waals surface area contributed by atoms with Gasteiger partial charge in [-0.3, -0.25) is 0 Å². The van der Waals surface area contributed by atoms with Crippen LogP contribution in [0.15, 0.2) is 60.9 Å². The zero-order chi connectivity index (χ0) is 20.6. The highest BCUT2D eigenvalue weighted by Crippen LogP contribution is 2.38. The molecule has 0 spiro atoms. The van der Waals surface area contributed by atoms with Crippen LogP contribution in [-0.2, 0) is 24.0 Å². The quantitative estimate of drug-likeness (QED) is 0.507. The average molecular weight is 402 g/mol. The predicted octanol–water partition coefficient (Wildman–Crippen LogP) is 2.97. The summed E-state index contributed by atoms with van der Waals surface area (Å²) in [5, 5.41) is 28.9. The summed E-state index contributed by atoms with van der Waals surface area (Å²) in [4.78, 5) is 8.82. The number of aryl methyl sites for hydroxylation is 2. The maximum Gasteiger partial charge on any atom is 0.169 e. The molecule has 3 aromatic rings. The van der Waals surface area contributed by atoms with Crippen LogP contribution in [0.4, 0.5) is 11.6 Å². The second kappa shape index (κ2) is 7.38. The lowest BCUT2D eigenvalue weighted by Crippen LogP contribution is -2.33. The van der Waals surface area contributed by atoms with Crippen molar-refractivity contribution >= 4 is 11.6 Å². The minimum absolute atomic E-state index is 0.352. The van der Waals surface area contributed by atoms with Gasteiger partial charge in [-0.25, -0.2) is 9.97 Å². The highest BCUT2D eigenvalue weighted by atomic mass is 16.3. The molecule has 2 aromatic carbocycles. The van der Waals surface area contributed by atoms with Gasteiger partial charge >= 0.3 is 0 Å². The van der Waals surface area contributed by atoms with Crippen molar-refractivity contribution < 1.29 is 10.2 Å². The number of benzene rings is 2. The van der Waals surface area contributed by atoms with Crippen LogP contribution in [0.3, 0.4) is 0 Å². The molecule has 0 saturated heterocycles. The van der Waals surface area contributed by atoms with E-state index in [0.29, 0.717) is 37.6 Å². The van der Waals surface area contributed by atoms with E-state index in [9.17, 15) is 10.2 Å². The summed E-state index contributed by atoms with van der Waals surface area (Å²) in [5.74, 6) is 1.15. The Bertz CT molecular complexity index is 988. The molecule has 2 aliphatic carbocycles. The molecule has 0 amide bonds. The van der Waals surface area contributed by atoms with Crippen molar-refractivity contribution in [1.82, 2.24) is 9.97 Å². The van der Waals surface area contributed by atoms with E-state index in [-0.39, 0.29) is 0 Å². The van der Waals surface area contributed by atoms with Crippen LogP contribution in [0.5, 0.6) is 0 Å². The maximum absolute atomic E-state index is 11.2. The Kier molecular flexibility index (Phi) is 4.68. The minimum Gasteiger partial charge on any atom is -0.383 e. The Morgan fingerprint density at radius 2 is 1.13 bits per heavy atom. The first kappa shape index (κ1) is 19.0. The number of aliphatic hydroxyl groups is 2. The molecule has 5 rings (SSSR count). The molecule has 0 bridgehead atoms. The van der Waals surface area contributed by atoms with Gasteiger partial charge in [0.05, 0.1) is 0 Å². The molecule has 0 aliphatic heterocycles. The third kappa shape index (κ3) is 3.32. The van der Waals surface area contributed by atoms with E-state index in [1.54, 1.807) is 12.4 Å². The van der Waals surface area contributed by atoms with E-state index >= 15 is 0 Å². The van der Waals surface area contributed by atoms with Crippen molar-refractivity contribution in [3.8, 4) is 0 Å². The zero-order valence-electron chi connectivity index (χ0n) is 16.8. The summed E-state index contributed by atoms with van der Waals surface area (Å²) in [6.45, 7) is 0.703. The fraction of sp³-hybridized carbons (Fsp3) is 0.333. The van der Waals surface area contributed by atoms with E-state index in [0.717, 1.165) is 24.0 Å². The Labute approximate surface area is 176 Å². The van der Waals surface area contributed by atoms with Crippen LogP contribution in [0.1, 0.15) is 35.1 Å². The molecule has 0 saturated carbocycles. The standard InChI is InChI=1S/C24H26N4O2/c29-23(11-9-17-5-1-3-7-19(17)23)15-27-21-22(26-14-13-25-21)28-16-24(30)12-10-18-6-2-4-8-20(18)24/h1-8,13-14,29-30H,9-12,15-16H2,(H,25,27)(H,26,28). The van der Waals surface area contributed by atoms with Gasteiger partial charge in [0, 0.05) is 25.5 Å². The van der Waals surface area contributed by atoms with Crippen molar-refractivity contribution in [2.75, 3.05) is 23.7 Å². The largest absolute Gasteiger partial charge is 0.383 e. The zero-order valence-corrected chi connectivity index (χ0v) is 16.8. The Hall–Kier alpha value is -2.96. The summed E-state index contributed by atoms with van der Waals surface area (Å²) in [7, 11) is 0. The lowest BCUT2D eigenvalue weighted by molar-refractivity contribution is 0.0517. The lowest BCUT2D eigenvalue weighted by atomic mass is 9.96. The topological polar surface area (TPSA) is 90.3 Å². The van der Waals surface area contributed by atoms with Crippen LogP contribution < -0.4 is 10.6 Å². The van der Waals surface area contributed by atoms with E-state index < -0.39 is 11.2 Å². The number of nitrogens with zero attached hydrogens (tertiary/aromatic N) is 2. The van der Waals surface area contributed by atoms with Gasteiger partial charge < -0.3 is 20.8 Å². The number of rotatable bonds is 6. The molecule has 2 aliphatic rings. The molecule has 2 atom stereocenters. The first-order chi connectivity index (χ1) is 14.6. The molecular weight excluding hydrogens is 376 g/mol. The predicted molar refractivity (Wildman–Crippen MR) is 116 cm³/mol. The SMILES string of the molecule is OC1(CNc2nccnc2NCC2(O)CCc3ccccc32)CCc2ccccc21. The minimum atomic E-state index is -0.923.